The second kappa shape index (κ2) is 8.22. The minimum atomic E-state index is -0.232. The molecule has 1 aliphatic heterocycles. The highest BCUT2D eigenvalue weighted by Crippen LogP contribution is 2.24. The van der Waals surface area contributed by atoms with Crippen LogP contribution in [-0.2, 0) is 24.1 Å². The van der Waals surface area contributed by atoms with Gasteiger partial charge in [0.25, 0.3) is 5.89 Å². The van der Waals surface area contributed by atoms with Crippen LogP contribution in [0.15, 0.2) is 47.0 Å². The topological polar surface area (TPSA) is 89.3 Å². The molecule has 3 aromatic rings. The zero-order valence-electron chi connectivity index (χ0n) is 15.7. The Balaban J connectivity index is 1.46. The summed E-state index contributed by atoms with van der Waals surface area (Å²) in [4.78, 5) is 16.7. The van der Waals surface area contributed by atoms with Crippen LogP contribution in [0.2, 0.25) is 0 Å². The van der Waals surface area contributed by atoms with Crippen LogP contribution in [0.1, 0.15) is 17.0 Å². The Morgan fingerprint density at radius 3 is 2.86 bits per heavy atom. The standard InChI is InChI=1S/C21H22N4O3/c1-27-18-5-3-2-4-17(18)23-20(26)13-19-24-21(28-25-19)16-7-6-14-8-10-22-11-9-15(14)12-16/h2-7,12,22H,8-11,13H2,1H3,(H,23,26). The van der Waals surface area contributed by atoms with E-state index in [2.05, 4.69) is 32.9 Å². The molecule has 28 heavy (non-hydrogen) atoms. The van der Waals surface area contributed by atoms with E-state index in [1.165, 1.54) is 11.1 Å². The number of carbonyl (C=O) groups is 1. The van der Waals surface area contributed by atoms with Crippen molar-refractivity contribution in [1.29, 1.82) is 0 Å². The fourth-order valence-corrected chi connectivity index (χ4v) is 3.34. The first-order valence-corrected chi connectivity index (χ1v) is 9.31. The number of methoxy groups -OCH3 is 1. The monoisotopic (exact) mass is 378 g/mol. The van der Waals surface area contributed by atoms with Crippen molar-refractivity contribution in [2.24, 2.45) is 0 Å². The fourth-order valence-electron chi connectivity index (χ4n) is 3.34. The summed E-state index contributed by atoms with van der Waals surface area (Å²) in [6, 6.07) is 13.5. The summed E-state index contributed by atoms with van der Waals surface area (Å²) < 4.78 is 10.6. The predicted octanol–water partition coefficient (Wildman–Crippen LogP) is 2.61. The van der Waals surface area contributed by atoms with E-state index < -0.39 is 0 Å². The number of nitrogens with one attached hydrogen (secondary N) is 2. The third kappa shape index (κ3) is 4.04. The number of benzene rings is 2. The zero-order valence-corrected chi connectivity index (χ0v) is 15.7. The van der Waals surface area contributed by atoms with Gasteiger partial charge in [-0.2, -0.15) is 4.98 Å². The van der Waals surface area contributed by atoms with Crippen molar-refractivity contribution >= 4 is 11.6 Å². The maximum atomic E-state index is 12.3. The first kappa shape index (κ1) is 18.2. The minimum absolute atomic E-state index is 0.0242. The highest BCUT2D eigenvalue weighted by atomic mass is 16.5. The number of fused-ring (bicyclic) bond motifs is 1. The van der Waals surface area contributed by atoms with E-state index in [4.69, 9.17) is 9.26 Å². The van der Waals surface area contributed by atoms with Gasteiger partial charge in [-0.15, -0.1) is 0 Å². The van der Waals surface area contributed by atoms with Crippen LogP contribution in [0.5, 0.6) is 5.75 Å². The highest BCUT2D eigenvalue weighted by molar-refractivity contribution is 5.93. The van der Waals surface area contributed by atoms with E-state index in [1.807, 2.05) is 18.2 Å². The molecule has 0 fully saturated rings. The van der Waals surface area contributed by atoms with Crippen LogP contribution in [-0.4, -0.2) is 36.2 Å². The molecule has 1 amide bonds. The number of hydrogen-bond donors (Lipinski definition) is 2. The van der Waals surface area contributed by atoms with Crippen LogP contribution in [0.3, 0.4) is 0 Å². The summed E-state index contributed by atoms with van der Waals surface area (Å²) in [5.41, 5.74) is 4.14. The van der Waals surface area contributed by atoms with E-state index in [0.29, 0.717) is 23.2 Å². The number of rotatable bonds is 5. The lowest BCUT2D eigenvalue weighted by Crippen LogP contribution is -2.16. The van der Waals surface area contributed by atoms with Gasteiger partial charge in [-0.3, -0.25) is 4.79 Å². The van der Waals surface area contributed by atoms with Gasteiger partial charge >= 0.3 is 0 Å². The number of aromatic nitrogens is 2. The van der Waals surface area contributed by atoms with Crippen molar-refractivity contribution in [2.75, 3.05) is 25.5 Å². The van der Waals surface area contributed by atoms with E-state index in [9.17, 15) is 4.79 Å². The molecule has 7 nitrogen and oxygen atoms in total. The van der Waals surface area contributed by atoms with Crippen molar-refractivity contribution < 1.29 is 14.1 Å². The van der Waals surface area contributed by atoms with E-state index >= 15 is 0 Å². The molecule has 7 heteroatoms. The molecule has 4 rings (SSSR count). The number of hydrogen-bond acceptors (Lipinski definition) is 6. The maximum Gasteiger partial charge on any atom is 0.257 e. The molecule has 0 unspecified atom stereocenters. The summed E-state index contributed by atoms with van der Waals surface area (Å²) in [5, 5.41) is 10.2. The molecule has 1 aliphatic rings. The Morgan fingerprint density at radius 2 is 2.00 bits per heavy atom. The Labute approximate surface area is 163 Å². The largest absolute Gasteiger partial charge is 0.495 e. The van der Waals surface area contributed by atoms with Gasteiger partial charge in [0.15, 0.2) is 5.82 Å². The normalized spacial score (nSPS) is 13.5. The lowest BCUT2D eigenvalue weighted by molar-refractivity contribution is -0.115. The molecule has 2 N–H and O–H groups in total. The summed E-state index contributed by atoms with van der Waals surface area (Å²) in [6.07, 6.45) is 2.02. The van der Waals surface area contributed by atoms with E-state index in [-0.39, 0.29) is 12.3 Å². The summed E-state index contributed by atoms with van der Waals surface area (Å²) >= 11 is 0. The minimum Gasteiger partial charge on any atom is -0.495 e. The Hall–Kier alpha value is -3.19. The van der Waals surface area contributed by atoms with Gasteiger partial charge in [-0.1, -0.05) is 23.4 Å². The lowest BCUT2D eigenvalue weighted by Gasteiger charge is -2.08. The predicted molar refractivity (Wildman–Crippen MR) is 105 cm³/mol. The van der Waals surface area contributed by atoms with E-state index in [1.54, 1.807) is 19.2 Å². The van der Waals surface area contributed by atoms with Gasteiger partial charge in [0.05, 0.1) is 19.2 Å². The molecule has 0 radical (unpaired) electrons. The first-order chi connectivity index (χ1) is 13.7. The highest BCUT2D eigenvalue weighted by Gasteiger charge is 2.16. The molecule has 0 aliphatic carbocycles. The molecule has 0 bridgehead atoms. The number of nitrogens with zero attached hydrogens (tertiary/aromatic N) is 2. The summed E-state index contributed by atoms with van der Waals surface area (Å²) in [7, 11) is 1.56. The Morgan fingerprint density at radius 1 is 1.18 bits per heavy atom. The van der Waals surface area contributed by atoms with Gasteiger partial charge < -0.3 is 19.9 Å². The molecule has 144 valence electrons. The third-order valence-electron chi connectivity index (χ3n) is 4.76. The van der Waals surface area contributed by atoms with Crippen LogP contribution < -0.4 is 15.4 Å². The Bertz CT molecular complexity index is 983. The van der Waals surface area contributed by atoms with Crippen molar-refractivity contribution in [2.45, 2.75) is 19.3 Å². The van der Waals surface area contributed by atoms with Gasteiger partial charge in [0, 0.05) is 5.56 Å². The average Bonchev–Trinajstić information content (AvgIpc) is 3.04. The van der Waals surface area contributed by atoms with Crippen molar-refractivity contribution in [3.05, 3.63) is 59.4 Å². The average molecular weight is 378 g/mol. The lowest BCUT2D eigenvalue weighted by atomic mass is 10.00. The molecular formula is C21H22N4O3. The second-order valence-corrected chi connectivity index (χ2v) is 6.67. The molecule has 2 aromatic carbocycles. The molecule has 0 spiro atoms. The zero-order chi connectivity index (χ0) is 19.3. The molecule has 0 saturated carbocycles. The molecule has 0 atom stereocenters. The van der Waals surface area contributed by atoms with Crippen molar-refractivity contribution in [3.63, 3.8) is 0 Å². The van der Waals surface area contributed by atoms with Crippen molar-refractivity contribution in [3.8, 4) is 17.2 Å². The molecule has 0 saturated heterocycles. The third-order valence-corrected chi connectivity index (χ3v) is 4.76. The van der Waals surface area contributed by atoms with Gasteiger partial charge in [0.1, 0.15) is 5.75 Å². The maximum absolute atomic E-state index is 12.3. The molecule has 1 aromatic heterocycles. The summed E-state index contributed by atoms with van der Waals surface area (Å²) in [5.74, 6) is 1.15. The van der Waals surface area contributed by atoms with Gasteiger partial charge in [0.2, 0.25) is 5.91 Å². The number of ether oxygens (including phenoxy) is 1. The quantitative estimate of drug-likeness (QED) is 0.709. The molecule has 2 heterocycles. The van der Waals surface area contributed by atoms with E-state index in [0.717, 1.165) is 31.5 Å². The Kier molecular flexibility index (Phi) is 5.34. The fraction of sp³-hybridized carbons (Fsp3) is 0.286. The second-order valence-electron chi connectivity index (χ2n) is 6.67. The van der Waals surface area contributed by atoms with Gasteiger partial charge in [-0.25, -0.2) is 0 Å². The molecular weight excluding hydrogens is 356 g/mol. The first-order valence-electron chi connectivity index (χ1n) is 9.31. The number of anilines is 1. The smallest absolute Gasteiger partial charge is 0.257 e. The van der Waals surface area contributed by atoms with Crippen LogP contribution in [0.25, 0.3) is 11.5 Å². The van der Waals surface area contributed by atoms with Crippen LogP contribution in [0, 0.1) is 0 Å². The van der Waals surface area contributed by atoms with Crippen LogP contribution in [0.4, 0.5) is 5.69 Å². The van der Waals surface area contributed by atoms with Crippen LogP contribution >= 0.6 is 0 Å². The number of carbonyl (C=O) groups excluding carboxylic acids is 1. The number of para-hydroxylation sites is 2. The van der Waals surface area contributed by atoms with Gasteiger partial charge in [-0.05, 0) is 61.3 Å². The van der Waals surface area contributed by atoms with Crippen molar-refractivity contribution in [1.82, 2.24) is 15.5 Å². The number of amides is 1. The SMILES string of the molecule is COc1ccccc1NC(=O)Cc1noc(-c2ccc3c(c2)CCNCC3)n1. The summed E-state index contributed by atoms with van der Waals surface area (Å²) in [6.45, 7) is 1.97.